The largest absolute Gasteiger partial charge is 0.475 e. The molecule has 0 amide bonds. The summed E-state index contributed by atoms with van der Waals surface area (Å²) < 4.78 is 10.9. The minimum absolute atomic E-state index is 0.00992. The molecular weight excluding hydrogens is 278 g/mol. The van der Waals surface area contributed by atoms with Crippen LogP contribution in [0.3, 0.4) is 0 Å². The molecule has 2 aromatic heterocycles. The Hall–Kier alpha value is -2.62. The van der Waals surface area contributed by atoms with Crippen molar-refractivity contribution in [3.8, 4) is 17.0 Å². The van der Waals surface area contributed by atoms with Crippen LogP contribution in [0.1, 0.15) is 19.4 Å². The van der Waals surface area contributed by atoms with Crippen LogP contribution in [0.15, 0.2) is 51.7 Å². The van der Waals surface area contributed by atoms with E-state index >= 15 is 0 Å². The van der Waals surface area contributed by atoms with Gasteiger partial charge in [-0.05, 0) is 32.4 Å². The summed E-state index contributed by atoms with van der Waals surface area (Å²) >= 11 is 0. The molecule has 2 heterocycles. The maximum atomic E-state index is 12.1. The van der Waals surface area contributed by atoms with E-state index < -0.39 is 0 Å². The Morgan fingerprint density at radius 3 is 2.50 bits per heavy atom. The number of nitrogens with zero attached hydrogens (tertiary/aromatic N) is 1. The lowest BCUT2D eigenvalue weighted by molar-refractivity contribution is 0.232. The highest BCUT2D eigenvalue weighted by atomic mass is 16.5. The second-order valence-corrected chi connectivity index (χ2v) is 5.42. The maximum Gasteiger partial charge on any atom is 0.341 e. The van der Waals surface area contributed by atoms with Gasteiger partial charge in [0, 0.05) is 22.6 Å². The second kappa shape index (κ2) is 5.64. The van der Waals surface area contributed by atoms with Crippen molar-refractivity contribution in [1.29, 1.82) is 0 Å². The Morgan fingerprint density at radius 1 is 1.09 bits per heavy atom. The van der Waals surface area contributed by atoms with Gasteiger partial charge in [0.05, 0.1) is 6.10 Å². The lowest BCUT2D eigenvalue weighted by Crippen LogP contribution is -2.09. The summed E-state index contributed by atoms with van der Waals surface area (Å²) in [5.41, 5.74) is 2.33. The molecule has 0 aliphatic carbocycles. The van der Waals surface area contributed by atoms with Crippen LogP contribution in [0.25, 0.3) is 22.2 Å². The third-order valence-corrected chi connectivity index (χ3v) is 3.39. The van der Waals surface area contributed by atoms with Crippen LogP contribution >= 0.6 is 0 Å². The molecule has 0 spiro atoms. The fourth-order valence-corrected chi connectivity index (χ4v) is 2.44. The zero-order valence-electron chi connectivity index (χ0n) is 12.8. The van der Waals surface area contributed by atoms with Crippen molar-refractivity contribution < 1.29 is 9.15 Å². The molecular formula is C18H17NO3. The summed E-state index contributed by atoms with van der Waals surface area (Å²) in [6, 6.07) is 13.5. The Bertz CT molecular complexity index is 867. The van der Waals surface area contributed by atoms with Crippen molar-refractivity contribution in [2.75, 3.05) is 0 Å². The van der Waals surface area contributed by atoms with Crippen LogP contribution in [0.2, 0.25) is 0 Å². The van der Waals surface area contributed by atoms with E-state index in [1.165, 1.54) is 0 Å². The van der Waals surface area contributed by atoms with Gasteiger partial charge in [0.2, 0.25) is 11.6 Å². The number of hydrogen-bond donors (Lipinski definition) is 0. The van der Waals surface area contributed by atoms with Crippen molar-refractivity contribution in [3.63, 3.8) is 0 Å². The first-order valence-corrected chi connectivity index (χ1v) is 7.23. The van der Waals surface area contributed by atoms with Crippen LogP contribution < -0.4 is 10.4 Å². The lowest BCUT2D eigenvalue weighted by atomic mass is 9.99. The number of ether oxygens (including phenoxy) is 1. The molecule has 0 saturated carbocycles. The molecule has 22 heavy (non-hydrogen) atoms. The molecule has 0 aliphatic heterocycles. The number of pyridine rings is 1. The van der Waals surface area contributed by atoms with Gasteiger partial charge in [-0.2, -0.15) is 4.98 Å². The van der Waals surface area contributed by atoms with E-state index in [1.54, 1.807) is 13.0 Å². The van der Waals surface area contributed by atoms with Crippen molar-refractivity contribution in [3.05, 3.63) is 58.4 Å². The SMILES string of the molecule is Cc1c(-c2ccccc2)c2ccc(OC(C)C)nc2oc1=O. The van der Waals surface area contributed by atoms with Crippen LogP contribution in [0.4, 0.5) is 0 Å². The van der Waals surface area contributed by atoms with E-state index in [0.717, 1.165) is 16.5 Å². The molecule has 112 valence electrons. The molecule has 0 aliphatic rings. The first-order chi connectivity index (χ1) is 10.6. The van der Waals surface area contributed by atoms with Gasteiger partial charge in [-0.15, -0.1) is 0 Å². The molecule has 4 nitrogen and oxygen atoms in total. The molecule has 0 bridgehead atoms. The summed E-state index contributed by atoms with van der Waals surface area (Å²) in [6.07, 6.45) is 0.00992. The number of fused-ring (bicyclic) bond motifs is 1. The quantitative estimate of drug-likeness (QED) is 0.734. The Balaban J connectivity index is 2.27. The van der Waals surface area contributed by atoms with E-state index in [4.69, 9.17) is 9.15 Å². The molecule has 1 aromatic carbocycles. The van der Waals surface area contributed by atoms with Crippen LogP contribution in [-0.2, 0) is 0 Å². The normalized spacial score (nSPS) is 11.1. The number of aromatic nitrogens is 1. The average Bonchev–Trinajstić information content (AvgIpc) is 2.49. The third-order valence-electron chi connectivity index (χ3n) is 3.39. The van der Waals surface area contributed by atoms with Gasteiger partial charge in [0.25, 0.3) is 0 Å². The number of benzene rings is 1. The van der Waals surface area contributed by atoms with E-state index in [2.05, 4.69) is 4.98 Å². The second-order valence-electron chi connectivity index (χ2n) is 5.42. The van der Waals surface area contributed by atoms with Gasteiger partial charge in [-0.1, -0.05) is 30.3 Å². The molecule has 4 heteroatoms. The highest BCUT2D eigenvalue weighted by molar-refractivity contribution is 5.93. The molecule has 3 rings (SSSR count). The minimum Gasteiger partial charge on any atom is -0.475 e. The van der Waals surface area contributed by atoms with Crippen LogP contribution in [0.5, 0.6) is 5.88 Å². The highest BCUT2D eigenvalue weighted by Gasteiger charge is 2.14. The van der Waals surface area contributed by atoms with Crippen molar-refractivity contribution in [2.45, 2.75) is 26.9 Å². The maximum absolute atomic E-state index is 12.1. The highest BCUT2D eigenvalue weighted by Crippen LogP contribution is 2.30. The van der Waals surface area contributed by atoms with Gasteiger partial charge in [0.15, 0.2) is 0 Å². The van der Waals surface area contributed by atoms with Crippen LogP contribution in [-0.4, -0.2) is 11.1 Å². The van der Waals surface area contributed by atoms with Gasteiger partial charge in [-0.25, -0.2) is 4.79 Å². The zero-order chi connectivity index (χ0) is 15.7. The Morgan fingerprint density at radius 2 is 1.82 bits per heavy atom. The van der Waals surface area contributed by atoms with E-state index in [0.29, 0.717) is 17.2 Å². The summed E-state index contributed by atoms with van der Waals surface area (Å²) in [5, 5.41) is 0.805. The Kier molecular flexibility index (Phi) is 3.67. The molecule has 0 unspecified atom stereocenters. The molecule has 0 saturated heterocycles. The molecule has 0 N–H and O–H groups in total. The standard InChI is InChI=1S/C18H17NO3/c1-11(2)21-15-10-9-14-16(13-7-5-4-6-8-13)12(3)18(20)22-17(14)19-15/h4-11H,1-3H3. The van der Waals surface area contributed by atoms with Gasteiger partial charge >= 0.3 is 5.63 Å². The first kappa shape index (κ1) is 14.3. The van der Waals surface area contributed by atoms with Crippen molar-refractivity contribution in [1.82, 2.24) is 4.98 Å². The van der Waals surface area contributed by atoms with Gasteiger partial charge in [-0.3, -0.25) is 0 Å². The first-order valence-electron chi connectivity index (χ1n) is 7.23. The molecule has 3 aromatic rings. The fourth-order valence-electron chi connectivity index (χ4n) is 2.44. The average molecular weight is 295 g/mol. The van der Waals surface area contributed by atoms with Gasteiger partial charge in [0.1, 0.15) is 0 Å². The Labute approximate surface area is 128 Å². The van der Waals surface area contributed by atoms with E-state index in [1.807, 2.05) is 50.2 Å². The minimum atomic E-state index is -0.374. The van der Waals surface area contributed by atoms with E-state index in [-0.39, 0.29) is 11.7 Å². The number of hydrogen-bond acceptors (Lipinski definition) is 4. The summed E-state index contributed by atoms with van der Waals surface area (Å²) in [5.74, 6) is 0.452. The molecule has 0 atom stereocenters. The van der Waals surface area contributed by atoms with Crippen molar-refractivity contribution in [2.24, 2.45) is 0 Å². The smallest absolute Gasteiger partial charge is 0.341 e. The summed E-state index contributed by atoms with van der Waals surface area (Å²) in [7, 11) is 0. The van der Waals surface area contributed by atoms with Crippen molar-refractivity contribution >= 4 is 11.1 Å². The van der Waals surface area contributed by atoms with Crippen LogP contribution in [0, 0.1) is 6.92 Å². The molecule has 0 radical (unpaired) electrons. The lowest BCUT2D eigenvalue weighted by Gasteiger charge is -2.11. The van der Waals surface area contributed by atoms with Gasteiger partial charge < -0.3 is 9.15 Å². The topological polar surface area (TPSA) is 52.3 Å². The number of rotatable bonds is 3. The third kappa shape index (κ3) is 2.60. The fraction of sp³-hybridized carbons (Fsp3) is 0.222. The zero-order valence-corrected chi connectivity index (χ0v) is 12.8. The van der Waals surface area contributed by atoms with E-state index in [9.17, 15) is 4.79 Å². The predicted octanol–water partition coefficient (Wildman–Crippen LogP) is 3.95. The monoisotopic (exact) mass is 295 g/mol. The summed E-state index contributed by atoms with van der Waals surface area (Å²) in [4.78, 5) is 16.4. The summed E-state index contributed by atoms with van der Waals surface area (Å²) in [6.45, 7) is 5.62. The molecule has 0 fully saturated rings. The predicted molar refractivity (Wildman–Crippen MR) is 86.2 cm³/mol.